The maximum Gasteiger partial charge on any atom is 0.287 e. The van der Waals surface area contributed by atoms with Crippen LogP contribution >= 0.6 is 0 Å². The maximum atomic E-state index is 13.6. The Morgan fingerprint density at radius 3 is 2.84 bits per heavy atom. The number of anilines is 1. The Kier molecular flexibility index (Phi) is 5.67. The Morgan fingerprint density at radius 2 is 2.16 bits per heavy atom. The van der Waals surface area contributed by atoms with E-state index in [-0.39, 0.29) is 23.0 Å². The van der Waals surface area contributed by atoms with Gasteiger partial charge in [-0.2, -0.15) is 8.78 Å². The largest absolute Gasteiger partial charge is 0.376 e. The lowest BCUT2D eigenvalue weighted by Crippen LogP contribution is -2.22. The first kappa shape index (κ1) is 21.2. The molecule has 3 aromatic rings. The highest BCUT2D eigenvalue weighted by Gasteiger charge is 2.27. The van der Waals surface area contributed by atoms with Gasteiger partial charge in [0, 0.05) is 24.9 Å². The zero-order chi connectivity index (χ0) is 22.2. The third-order valence-corrected chi connectivity index (χ3v) is 4.79. The number of halogens is 2. The van der Waals surface area contributed by atoms with Crippen molar-refractivity contribution in [2.45, 2.75) is 25.2 Å². The van der Waals surface area contributed by atoms with Crippen molar-refractivity contribution in [2.75, 3.05) is 25.1 Å². The van der Waals surface area contributed by atoms with Crippen molar-refractivity contribution in [3.63, 3.8) is 0 Å². The van der Waals surface area contributed by atoms with Crippen LogP contribution in [0.5, 0.6) is 0 Å². The van der Waals surface area contributed by atoms with E-state index in [1.807, 2.05) is 0 Å². The fraction of sp³-hybridized carbons (Fsp3) is 0.350. The van der Waals surface area contributed by atoms with Crippen molar-refractivity contribution in [3.8, 4) is 0 Å². The van der Waals surface area contributed by atoms with E-state index in [1.54, 1.807) is 10.6 Å². The normalized spacial score (nSPS) is 18.2. The van der Waals surface area contributed by atoms with Gasteiger partial charge in [0.1, 0.15) is 29.4 Å². The van der Waals surface area contributed by atoms with E-state index in [9.17, 15) is 18.7 Å². The summed E-state index contributed by atoms with van der Waals surface area (Å²) in [5.74, 6) is -3.91. The number of aliphatic hydroxyl groups is 1. The average Bonchev–Trinajstić information content (AvgIpc) is 3.16. The molecule has 1 amide bonds. The number of nitrogens with two attached hydrogens (primary N) is 1. The molecule has 1 aliphatic rings. The molecule has 11 heteroatoms. The van der Waals surface area contributed by atoms with Gasteiger partial charge < -0.3 is 30.0 Å². The second kappa shape index (κ2) is 8.27. The van der Waals surface area contributed by atoms with Crippen molar-refractivity contribution in [3.05, 3.63) is 59.3 Å². The van der Waals surface area contributed by atoms with Crippen LogP contribution in [0.3, 0.4) is 0 Å². The second-order valence-electron chi connectivity index (χ2n) is 7.20. The SMILES string of the molecule is CC(F)(F)c1cccc(C(=O)Nc2cn3cc(C4COCCO4)nc3cc2C(N)O)n1. The number of aliphatic hydroxyl groups excluding tert-OH is 1. The molecule has 9 nitrogen and oxygen atoms in total. The standard InChI is InChI=1S/C20H21F2N5O4/c1-20(21,22)16-4-2-3-12(24-16)19(29)26-13-8-27-9-14(15-10-30-5-6-31-15)25-17(27)7-11(13)18(23)28/h2-4,7-9,15,18,28H,5-6,10,23H2,1H3,(H,26,29). The quantitative estimate of drug-likeness (QED) is 0.527. The van der Waals surface area contributed by atoms with Gasteiger partial charge in [-0.15, -0.1) is 0 Å². The minimum absolute atomic E-state index is 0.188. The number of carbonyl (C=O) groups is 1. The highest BCUT2D eigenvalue weighted by atomic mass is 19.3. The van der Waals surface area contributed by atoms with Crippen molar-refractivity contribution >= 4 is 17.2 Å². The fourth-order valence-electron chi connectivity index (χ4n) is 3.22. The lowest BCUT2D eigenvalue weighted by Gasteiger charge is -2.20. The van der Waals surface area contributed by atoms with Crippen molar-refractivity contribution in [2.24, 2.45) is 5.73 Å². The number of alkyl halides is 2. The number of amides is 1. The summed E-state index contributed by atoms with van der Waals surface area (Å²) >= 11 is 0. The van der Waals surface area contributed by atoms with Crippen LogP contribution in [-0.2, 0) is 15.4 Å². The number of ether oxygens (including phenoxy) is 2. The molecule has 0 aromatic carbocycles. The van der Waals surface area contributed by atoms with Crippen LogP contribution in [0, 0.1) is 0 Å². The smallest absolute Gasteiger partial charge is 0.287 e. The van der Waals surface area contributed by atoms with Gasteiger partial charge in [0.2, 0.25) is 0 Å². The summed E-state index contributed by atoms with van der Waals surface area (Å²) in [4.78, 5) is 20.9. The lowest BCUT2D eigenvalue weighted by molar-refractivity contribution is -0.0916. The number of rotatable bonds is 5. The minimum atomic E-state index is -3.19. The summed E-state index contributed by atoms with van der Waals surface area (Å²) in [5.41, 5.74) is 6.43. The molecule has 31 heavy (non-hydrogen) atoms. The first-order chi connectivity index (χ1) is 14.7. The number of nitrogens with zero attached hydrogens (tertiary/aromatic N) is 3. The molecule has 1 saturated heterocycles. The molecule has 164 valence electrons. The molecule has 4 rings (SSSR count). The van der Waals surface area contributed by atoms with Crippen molar-refractivity contribution < 1.29 is 28.2 Å². The molecule has 0 saturated carbocycles. The predicted octanol–water partition coefficient (Wildman–Crippen LogP) is 2.13. The molecule has 2 unspecified atom stereocenters. The Bertz CT molecular complexity index is 1110. The van der Waals surface area contributed by atoms with Gasteiger partial charge in [0.25, 0.3) is 11.8 Å². The monoisotopic (exact) mass is 433 g/mol. The number of aromatic nitrogens is 3. The molecule has 0 bridgehead atoms. The second-order valence-corrected chi connectivity index (χ2v) is 7.20. The third kappa shape index (κ3) is 4.54. The molecule has 1 aliphatic heterocycles. The molecule has 4 N–H and O–H groups in total. The molecular weight excluding hydrogens is 412 g/mol. The van der Waals surface area contributed by atoms with Gasteiger partial charge in [-0.1, -0.05) is 6.07 Å². The maximum absolute atomic E-state index is 13.6. The van der Waals surface area contributed by atoms with Gasteiger partial charge in [0.15, 0.2) is 0 Å². The van der Waals surface area contributed by atoms with E-state index in [0.717, 1.165) is 6.07 Å². The molecule has 1 fully saturated rings. The molecule has 3 aromatic heterocycles. The summed E-state index contributed by atoms with van der Waals surface area (Å²) in [7, 11) is 0. The lowest BCUT2D eigenvalue weighted by atomic mass is 10.2. The van der Waals surface area contributed by atoms with E-state index >= 15 is 0 Å². The van der Waals surface area contributed by atoms with Crippen LogP contribution in [0.2, 0.25) is 0 Å². The average molecular weight is 433 g/mol. The Morgan fingerprint density at radius 1 is 1.35 bits per heavy atom. The first-order valence-electron chi connectivity index (χ1n) is 9.54. The zero-order valence-electron chi connectivity index (χ0n) is 16.6. The van der Waals surface area contributed by atoms with Gasteiger partial charge in [-0.25, -0.2) is 9.97 Å². The number of hydrogen-bond donors (Lipinski definition) is 3. The summed E-state index contributed by atoms with van der Waals surface area (Å²) in [6.07, 6.45) is 1.50. The van der Waals surface area contributed by atoms with E-state index in [4.69, 9.17) is 15.2 Å². The number of pyridine rings is 2. The van der Waals surface area contributed by atoms with Gasteiger partial charge in [-0.3, -0.25) is 4.79 Å². The molecular formula is C20H21F2N5O4. The Hall–Kier alpha value is -2.99. The molecule has 4 heterocycles. The highest BCUT2D eigenvalue weighted by Crippen LogP contribution is 2.27. The van der Waals surface area contributed by atoms with Crippen LogP contribution in [0.4, 0.5) is 14.5 Å². The van der Waals surface area contributed by atoms with E-state index in [2.05, 4.69) is 15.3 Å². The Labute approximate surface area is 175 Å². The first-order valence-corrected chi connectivity index (χ1v) is 9.54. The van der Waals surface area contributed by atoms with Gasteiger partial charge in [0.05, 0.1) is 31.2 Å². The van der Waals surface area contributed by atoms with Crippen molar-refractivity contribution in [1.29, 1.82) is 0 Å². The van der Waals surface area contributed by atoms with Gasteiger partial charge >= 0.3 is 0 Å². The number of hydrogen-bond acceptors (Lipinski definition) is 7. The van der Waals surface area contributed by atoms with E-state index in [0.29, 0.717) is 38.1 Å². The van der Waals surface area contributed by atoms with E-state index in [1.165, 1.54) is 24.4 Å². The Balaban J connectivity index is 1.66. The predicted molar refractivity (Wildman–Crippen MR) is 106 cm³/mol. The zero-order valence-corrected chi connectivity index (χ0v) is 16.6. The van der Waals surface area contributed by atoms with Crippen LogP contribution in [0.25, 0.3) is 5.65 Å². The van der Waals surface area contributed by atoms with Crippen LogP contribution in [0.1, 0.15) is 46.7 Å². The van der Waals surface area contributed by atoms with Crippen LogP contribution in [0.15, 0.2) is 36.7 Å². The molecule has 0 spiro atoms. The fourth-order valence-corrected chi connectivity index (χ4v) is 3.22. The van der Waals surface area contributed by atoms with E-state index < -0.39 is 23.8 Å². The summed E-state index contributed by atoms with van der Waals surface area (Å²) < 4.78 is 39.8. The molecule has 0 aliphatic carbocycles. The summed E-state index contributed by atoms with van der Waals surface area (Å²) in [5, 5.41) is 12.6. The highest BCUT2D eigenvalue weighted by molar-refractivity contribution is 6.03. The summed E-state index contributed by atoms with van der Waals surface area (Å²) in [6.45, 7) is 2.04. The topological polar surface area (TPSA) is 124 Å². The number of imidazole rings is 1. The third-order valence-electron chi connectivity index (χ3n) is 4.79. The van der Waals surface area contributed by atoms with Gasteiger partial charge in [-0.05, 0) is 18.2 Å². The number of carbonyl (C=O) groups excluding carboxylic acids is 1. The number of nitrogens with one attached hydrogen (secondary N) is 1. The van der Waals surface area contributed by atoms with Crippen LogP contribution in [-0.4, -0.2) is 45.2 Å². The van der Waals surface area contributed by atoms with Crippen LogP contribution < -0.4 is 11.1 Å². The van der Waals surface area contributed by atoms with Crippen molar-refractivity contribution in [1.82, 2.24) is 14.4 Å². The molecule has 2 atom stereocenters. The summed E-state index contributed by atoms with van der Waals surface area (Å²) in [6, 6.07) is 5.31. The number of fused-ring (bicyclic) bond motifs is 1. The minimum Gasteiger partial charge on any atom is -0.376 e. The molecule has 0 radical (unpaired) electrons.